The van der Waals surface area contributed by atoms with Crippen molar-refractivity contribution >= 4 is 17.5 Å². The van der Waals surface area contributed by atoms with Crippen LogP contribution in [-0.4, -0.2) is 40.1 Å². The number of aliphatic hydroxyl groups excluding tert-OH is 1. The molecule has 2 heterocycles. The van der Waals surface area contributed by atoms with Crippen LogP contribution in [0.1, 0.15) is 23.3 Å². The lowest BCUT2D eigenvalue weighted by Crippen LogP contribution is -2.42. The maximum Gasteiger partial charge on any atom is 0.272 e. The minimum absolute atomic E-state index is 0.166. The molecule has 1 amide bonds. The first-order valence-corrected chi connectivity index (χ1v) is 5.63. The molecule has 16 heavy (non-hydrogen) atoms. The fourth-order valence-electron chi connectivity index (χ4n) is 1.82. The maximum absolute atomic E-state index is 12.0. The van der Waals surface area contributed by atoms with E-state index < -0.39 is 6.10 Å². The minimum Gasteiger partial charge on any atom is -0.391 e. The molecule has 0 radical (unpaired) electrons. The number of carbonyl (C=O) groups excluding carboxylic acids is 1. The zero-order valence-corrected chi connectivity index (χ0v) is 9.52. The van der Waals surface area contributed by atoms with Crippen LogP contribution in [0.5, 0.6) is 0 Å². The Morgan fingerprint density at radius 1 is 1.62 bits per heavy atom. The highest BCUT2D eigenvalue weighted by Crippen LogP contribution is 2.14. The second kappa shape index (κ2) is 4.80. The summed E-state index contributed by atoms with van der Waals surface area (Å²) in [5, 5.41) is 9.99. The van der Waals surface area contributed by atoms with Crippen molar-refractivity contribution in [1.82, 2.24) is 9.88 Å². The molecule has 0 aromatic carbocycles. The topological polar surface area (TPSA) is 53.4 Å². The zero-order chi connectivity index (χ0) is 11.5. The summed E-state index contributed by atoms with van der Waals surface area (Å²) in [4.78, 5) is 17.6. The van der Waals surface area contributed by atoms with Crippen molar-refractivity contribution in [3.8, 4) is 0 Å². The van der Waals surface area contributed by atoms with Crippen molar-refractivity contribution < 1.29 is 9.90 Å². The van der Waals surface area contributed by atoms with Gasteiger partial charge in [0.25, 0.3) is 5.91 Å². The quantitative estimate of drug-likeness (QED) is 0.806. The van der Waals surface area contributed by atoms with Crippen molar-refractivity contribution in [2.45, 2.75) is 18.9 Å². The van der Waals surface area contributed by atoms with Gasteiger partial charge in [-0.2, -0.15) is 0 Å². The number of piperidine rings is 1. The molecule has 0 aliphatic carbocycles. The van der Waals surface area contributed by atoms with Gasteiger partial charge >= 0.3 is 0 Å². The zero-order valence-electron chi connectivity index (χ0n) is 8.77. The van der Waals surface area contributed by atoms with Crippen LogP contribution in [0.25, 0.3) is 0 Å². The monoisotopic (exact) mass is 240 g/mol. The smallest absolute Gasteiger partial charge is 0.272 e. The van der Waals surface area contributed by atoms with Crippen molar-refractivity contribution in [2.24, 2.45) is 0 Å². The summed E-state index contributed by atoms with van der Waals surface area (Å²) in [7, 11) is 0. The number of likely N-dealkylation sites (tertiary alicyclic amines) is 1. The van der Waals surface area contributed by atoms with Crippen LogP contribution in [0.4, 0.5) is 0 Å². The van der Waals surface area contributed by atoms with Crippen molar-refractivity contribution in [3.63, 3.8) is 0 Å². The van der Waals surface area contributed by atoms with E-state index in [9.17, 15) is 9.90 Å². The summed E-state index contributed by atoms with van der Waals surface area (Å²) < 4.78 is 0. The molecule has 0 spiro atoms. The van der Waals surface area contributed by atoms with E-state index in [0.717, 1.165) is 12.8 Å². The van der Waals surface area contributed by atoms with E-state index in [1.165, 1.54) is 6.20 Å². The fraction of sp³-hybridized carbons (Fsp3) is 0.455. The molecule has 5 heteroatoms. The van der Waals surface area contributed by atoms with Crippen LogP contribution in [0.3, 0.4) is 0 Å². The third-order valence-corrected chi connectivity index (χ3v) is 2.86. The number of hydrogen-bond donors (Lipinski definition) is 1. The molecule has 0 bridgehead atoms. The Morgan fingerprint density at radius 3 is 3.12 bits per heavy atom. The van der Waals surface area contributed by atoms with Gasteiger partial charge in [-0.15, -0.1) is 0 Å². The predicted octanol–water partition coefficient (Wildman–Crippen LogP) is 1.33. The first-order chi connectivity index (χ1) is 7.66. The second-order valence-electron chi connectivity index (χ2n) is 3.91. The molecule has 1 saturated heterocycles. The fourth-order valence-corrected chi connectivity index (χ4v) is 1.98. The molecule has 0 saturated carbocycles. The Kier molecular flexibility index (Phi) is 3.41. The predicted molar refractivity (Wildman–Crippen MR) is 60.4 cm³/mol. The van der Waals surface area contributed by atoms with Gasteiger partial charge in [0.2, 0.25) is 0 Å². The molecule has 4 nitrogen and oxygen atoms in total. The number of aliphatic hydroxyl groups is 1. The van der Waals surface area contributed by atoms with Gasteiger partial charge in [0.05, 0.1) is 6.10 Å². The van der Waals surface area contributed by atoms with E-state index in [4.69, 9.17) is 11.6 Å². The molecule has 1 N–H and O–H groups in total. The SMILES string of the molecule is O=C(c1cc(Cl)ccn1)N1CCCC(O)C1. The lowest BCUT2D eigenvalue weighted by Gasteiger charge is -2.29. The van der Waals surface area contributed by atoms with Crippen LogP contribution >= 0.6 is 11.6 Å². The van der Waals surface area contributed by atoms with Gasteiger partial charge in [-0.1, -0.05) is 11.6 Å². The highest BCUT2D eigenvalue weighted by molar-refractivity contribution is 6.30. The molecule has 1 aromatic heterocycles. The summed E-state index contributed by atoms with van der Waals surface area (Å²) in [6, 6.07) is 3.17. The molecule has 2 rings (SSSR count). The van der Waals surface area contributed by atoms with E-state index in [1.807, 2.05) is 0 Å². The second-order valence-corrected chi connectivity index (χ2v) is 4.34. The van der Waals surface area contributed by atoms with Gasteiger partial charge in [-0.3, -0.25) is 9.78 Å². The third kappa shape index (κ3) is 2.51. The largest absolute Gasteiger partial charge is 0.391 e. The van der Waals surface area contributed by atoms with Crippen LogP contribution in [-0.2, 0) is 0 Å². The average molecular weight is 241 g/mol. The van der Waals surface area contributed by atoms with E-state index in [2.05, 4.69) is 4.98 Å². The minimum atomic E-state index is -0.420. The van der Waals surface area contributed by atoms with Crippen LogP contribution < -0.4 is 0 Å². The van der Waals surface area contributed by atoms with Crippen LogP contribution in [0.15, 0.2) is 18.3 Å². The Bertz CT molecular complexity index is 397. The number of hydrogen-bond acceptors (Lipinski definition) is 3. The number of pyridine rings is 1. The van der Waals surface area contributed by atoms with Gasteiger partial charge in [0.15, 0.2) is 0 Å². The first-order valence-electron chi connectivity index (χ1n) is 5.26. The third-order valence-electron chi connectivity index (χ3n) is 2.62. The Labute approximate surface area is 98.9 Å². The number of nitrogens with zero attached hydrogens (tertiary/aromatic N) is 2. The number of amides is 1. The van der Waals surface area contributed by atoms with Gasteiger partial charge in [-0.05, 0) is 25.0 Å². The summed E-state index contributed by atoms with van der Waals surface area (Å²) in [6.45, 7) is 1.05. The van der Waals surface area contributed by atoms with E-state index >= 15 is 0 Å². The van der Waals surface area contributed by atoms with E-state index in [0.29, 0.717) is 23.8 Å². The molecule has 1 aliphatic rings. The molecule has 1 fully saturated rings. The molecular formula is C11H13ClN2O2. The molecule has 1 aliphatic heterocycles. The normalized spacial score (nSPS) is 20.9. The molecule has 1 atom stereocenters. The summed E-state index contributed by atoms with van der Waals surface area (Å²) in [5.41, 5.74) is 0.335. The van der Waals surface area contributed by atoms with Gasteiger partial charge in [0.1, 0.15) is 5.69 Å². The van der Waals surface area contributed by atoms with E-state index in [1.54, 1.807) is 17.0 Å². The molecular weight excluding hydrogens is 228 g/mol. The first kappa shape index (κ1) is 11.4. The van der Waals surface area contributed by atoms with Crippen molar-refractivity contribution in [3.05, 3.63) is 29.0 Å². The van der Waals surface area contributed by atoms with Gasteiger partial charge in [-0.25, -0.2) is 0 Å². The Morgan fingerprint density at radius 2 is 2.44 bits per heavy atom. The number of rotatable bonds is 1. The summed E-state index contributed by atoms with van der Waals surface area (Å²) >= 11 is 5.80. The number of halogens is 1. The Balaban J connectivity index is 2.12. The van der Waals surface area contributed by atoms with E-state index in [-0.39, 0.29) is 5.91 Å². The Hall–Kier alpha value is -1.13. The molecule has 1 unspecified atom stereocenters. The highest BCUT2D eigenvalue weighted by Gasteiger charge is 2.23. The maximum atomic E-state index is 12.0. The summed E-state index contributed by atoms with van der Waals surface area (Å²) in [5.74, 6) is -0.166. The highest BCUT2D eigenvalue weighted by atomic mass is 35.5. The number of aromatic nitrogens is 1. The van der Waals surface area contributed by atoms with Gasteiger partial charge < -0.3 is 10.0 Å². The lowest BCUT2D eigenvalue weighted by atomic mass is 10.1. The standard InChI is InChI=1S/C11H13ClN2O2/c12-8-3-4-13-10(6-8)11(16)14-5-1-2-9(15)7-14/h3-4,6,9,15H,1-2,5,7H2. The summed E-state index contributed by atoms with van der Waals surface area (Å²) in [6.07, 6.45) is 2.67. The van der Waals surface area contributed by atoms with Gasteiger partial charge in [0, 0.05) is 24.3 Å². The van der Waals surface area contributed by atoms with Crippen molar-refractivity contribution in [2.75, 3.05) is 13.1 Å². The van der Waals surface area contributed by atoms with Crippen LogP contribution in [0.2, 0.25) is 5.02 Å². The number of β-amino-alcohol motifs (C(OH)–C–C–N with tert-alkyl or cyclic N) is 1. The molecule has 86 valence electrons. The molecule has 1 aromatic rings. The lowest BCUT2D eigenvalue weighted by molar-refractivity contribution is 0.0469. The van der Waals surface area contributed by atoms with Crippen LogP contribution in [0, 0.1) is 0 Å². The van der Waals surface area contributed by atoms with Crippen molar-refractivity contribution in [1.29, 1.82) is 0 Å². The average Bonchev–Trinajstić information content (AvgIpc) is 2.28. The number of carbonyl (C=O) groups is 1.